The van der Waals surface area contributed by atoms with Gasteiger partial charge in [0, 0.05) is 36.4 Å². The first-order valence-electron chi connectivity index (χ1n) is 9.72. The van der Waals surface area contributed by atoms with Crippen LogP contribution in [0.15, 0.2) is 64.0 Å². The Bertz CT molecular complexity index is 1130. The van der Waals surface area contributed by atoms with Crippen molar-refractivity contribution in [3.05, 3.63) is 70.2 Å². The third kappa shape index (κ3) is 4.77. The van der Waals surface area contributed by atoms with Gasteiger partial charge in [0.1, 0.15) is 12.2 Å². The van der Waals surface area contributed by atoms with E-state index >= 15 is 0 Å². The molecule has 160 valence electrons. The molecule has 0 atom stereocenters. The van der Waals surface area contributed by atoms with Gasteiger partial charge in [-0.25, -0.2) is 9.48 Å². The Labute approximate surface area is 182 Å². The molecule has 1 N–H and O–H groups in total. The summed E-state index contributed by atoms with van der Waals surface area (Å²) >= 11 is 5.89. The molecule has 2 aromatic heterocycles. The molecule has 0 radical (unpaired) electrons. The Morgan fingerprint density at radius 1 is 1.10 bits per heavy atom. The molecule has 0 unspecified atom stereocenters. The molecular formula is C21H20ClN5O4. The van der Waals surface area contributed by atoms with E-state index in [2.05, 4.69) is 10.4 Å². The number of carbonyl (C=O) groups excluding carboxylic acids is 2. The number of hydrogen-bond acceptors (Lipinski definition) is 5. The van der Waals surface area contributed by atoms with E-state index in [1.807, 2.05) is 0 Å². The minimum atomic E-state index is -0.304. The van der Waals surface area contributed by atoms with Crippen LogP contribution in [-0.2, 0) is 11.3 Å². The zero-order valence-electron chi connectivity index (χ0n) is 16.5. The molecular weight excluding hydrogens is 422 g/mol. The van der Waals surface area contributed by atoms with Crippen LogP contribution in [0.4, 0.5) is 10.5 Å². The molecule has 3 heterocycles. The zero-order valence-corrected chi connectivity index (χ0v) is 17.3. The van der Waals surface area contributed by atoms with E-state index in [9.17, 15) is 14.4 Å². The van der Waals surface area contributed by atoms with Gasteiger partial charge in [-0.05, 0) is 42.5 Å². The quantitative estimate of drug-likeness (QED) is 0.605. The standard InChI is InChI=1S/C21H20ClN5O4/c22-15-3-5-16(6-4-15)26-12-11-25(21(26)30)14-19(28)23-9-10-27-20(29)8-7-17(24-27)18-2-1-13-31-18/h1-8,13H,9-12,14H2,(H,23,28). The van der Waals surface area contributed by atoms with Gasteiger partial charge in [-0.1, -0.05) is 11.6 Å². The lowest BCUT2D eigenvalue weighted by Crippen LogP contribution is -2.41. The summed E-state index contributed by atoms with van der Waals surface area (Å²) in [5.74, 6) is 0.247. The maximum atomic E-state index is 12.6. The lowest BCUT2D eigenvalue weighted by molar-refractivity contribution is -0.121. The first-order valence-corrected chi connectivity index (χ1v) is 10.1. The van der Waals surface area contributed by atoms with Crippen molar-refractivity contribution >= 4 is 29.2 Å². The SMILES string of the molecule is O=C(CN1CCN(c2ccc(Cl)cc2)C1=O)NCCn1nc(-c2ccco2)ccc1=O. The Hall–Kier alpha value is -3.59. The Kier molecular flexibility index (Phi) is 6.03. The molecule has 1 aliphatic rings. The highest BCUT2D eigenvalue weighted by Gasteiger charge is 2.30. The number of benzene rings is 1. The third-order valence-corrected chi connectivity index (χ3v) is 5.11. The summed E-state index contributed by atoms with van der Waals surface area (Å²) in [4.78, 5) is 40.0. The summed E-state index contributed by atoms with van der Waals surface area (Å²) in [5, 5.41) is 7.58. The number of furan rings is 1. The van der Waals surface area contributed by atoms with Crippen molar-refractivity contribution in [3.63, 3.8) is 0 Å². The van der Waals surface area contributed by atoms with E-state index in [4.69, 9.17) is 16.0 Å². The van der Waals surface area contributed by atoms with Crippen LogP contribution in [0.1, 0.15) is 0 Å². The fourth-order valence-electron chi connectivity index (χ4n) is 3.29. The average molecular weight is 442 g/mol. The van der Waals surface area contributed by atoms with E-state index in [0.717, 1.165) is 5.69 Å². The minimum absolute atomic E-state index is 0.0579. The number of nitrogens with one attached hydrogen (secondary N) is 1. The number of rotatable bonds is 7. The second kappa shape index (κ2) is 9.05. The van der Waals surface area contributed by atoms with Gasteiger partial charge in [-0.15, -0.1) is 0 Å². The fraction of sp³-hybridized carbons (Fsp3) is 0.238. The summed E-state index contributed by atoms with van der Waals surface area (Å²) in [6.45, 7) is 1.28. The Morgan fingerprint density at radius 3 is 2.65 bits per heavy atom. The van der Waals surface area contributed by atoms with Crippen LogP contribution in [0.25, 0.3) is 11.5 Å². The van der Waals surface area contributed by atoms with Crippen molar-refractivity contribution in [2.24, 2.45) is 0 Å². The number of carbonyl (C=O) groups is 2. The summed E-state index contributed by atoms with van der Waals surface area (Å²) in [6.07, 6.45) is 1.53. The van der Waals surface area contributed by atoms with Crippen molar-refractivity contribution in [1.82, 2.24) is 20.0 Å². The highest BCUT2D eigenvalue weighted by molar-refractivity contribution is 6.30. The van der Waals surface area contributed by atoms with Crippen LogP contribution in [0.2, 0.25) is 5.02 Å². The maximum Gasteiger partial charge on any atom is 0.325 e. The van der Waals surface area contributed by atoms with Crippen molar-refractivity contribution in [1.29, 1.82) is 0 Å². The van der Waals surface area contributed by atoms with Gasteiger partial charge >= 0.3 is 6.03 Å². The molecule has 1 saturated heterocycles. The molecule has 9 nitrogen and oxygen atoms in total. The van der Waals surface area contributed by atoms with Gasteiger partial charge < -0.3 is 14.6 Å². The molecule has 31 heavy (non-hydrogen) atoms. The van der Waals surface area contributed by atoms with Crippen molar-refractivity contribution in [3.8, 4) is 11.5 Å². The monoisotopic (exact) mass is 441 g/mol. The summed E-state index contributed by atoms with van der Waals surface area (Å²) in [7, 11) is 0. The van der Waals surface area contributed by atoms with Gasteiger partial charge in [-0.2, -0.15) is 5.10 Å². The summed E-state index contributed by atoms with van der Waals surface area (Å²) in [5.41, 5.74) is 0.984. The van der Waals surface area contributed by atoms with Crippen LogP contribution in [-0.4, -0.2) is 52.8 Å². The highest BCUT2D eigenvalue weighted by Crippen LogP contribution is 2.22. The second-order valence-corrected chi connectivity index (χ2v) is 7.38. The molecule has 1 aromatic carbocycles. The molecule has 0 bridgehead atoms. The van der Waals surface area contributed by atoms with Crippen LogP contribution >= 0.6 is 11.6 Å². The Balaban J connectivity index is 1.29. The number of nitrogens with zero attached hydrogens (tertiary/aromatic N) is 4. The Morgan fingerprint density at radius 2 is 1.90 bits per heavy atom. The smallest absolute Gasteiger partial charge is 0.325 e. The first-order chi connectivity index (χ1) is 15.0. The first kappa shape index (κ1) is 20.7. The minimum Gasteiger partial charge on any atom is -0.463 e. The zero-order chi connectivity index (χ0) is 21.8. The molecule has 0 spiro atoms. The highest BCUT2D eigenvalue weighted by atomic mass is 35.5. The second-order valence-electron chi connectivity index (χ2n) is 6.94. The molecule has 1 aliphatic heterocycles. The largest absolute Gasteiger partial charge is 0.463 e. The predicted molar refractivity (Wildman–Crippen MR) is 115 cm³/mol. The summed E-state index contributed by atoms with van der Waals surface area (Å²) in [6, 6.07) is 13.2. The van der Waals surface area contributed by atoms with Crippen molar-refractivity contribution in [2.45, 2.75) is 6.54 Å². The number of amides is 3. The third-order valence-electron chi connectivity index (χ3n) is 4.85. The van der Waals surface area contributed by atoms with Gasteiger partial charge in [0.15, 0.2) is 5.76 Å². The fourth-order valence-corrected chi connectivity index (χ4v) is 3.41. The van der Waals surface area contributed by atoms with E-state index in [1.54, 1.807) is 47.4 Å². The van der Waals surface area contributed by atoms with Crippen molar-refractivity contribution < 1.29 is 14.0 Å². The van der Waals surface area contributed by atoms with E-state index in [1.165, 1.54) is 21.9 Å². The van der Waals surface area contributed by atoms with Crippen molar-refractivity contribution in [2.75, 3.05) is 31.1 Å². The number of hydrogen-bond donors (Lipinski definition) is 1. The van der Waals surface area contributed by atoms with E-state index < -0.39 is 0 Å². The molecule has 3 amide bonds. The molecule has 0 aliphatic carbocycles. The van der Waals surface area contributed by atoms with Gasteiger partial charge in [0.25, 0.3) is 5.56 Å². The lowest BCUT2D eigenvalue weighted by Gasteiger charge is -2.18. The van der Waals surface area contributed by atoms with Crippen LogP contribution in [0.3, 0.4) is 0 Å². The van der Waals surface area contributed by atoms with Gasteiger partial charge in [-0.3, -0.25) is 14.5 Å². The van der Waals surface area contributed by atoms with Gasteiger partial charge in [0.2, 0.25) is 5.91 Å². The number of anilines is 1. The van der Waals surface area contributed by atoms with Gasteiger partial charge in [0.05, 0.1) is 12.8 Å². The summed E-state index contributed by atoms with van der Waals surface area (Å²) < 4.78 is 6.56. The number of aromatic nitrogens is 2. The van der Waals surface area contributed by atoms with Crippen LogP contribution < -0.4 is 15.8 Å². The molecule has 10 heteroatoms. The normalized spacial score (nSPS) is 13.6. The van der Waals surface area contributed by atoms with Crippen LogP contribution in [0.5, 0.6) is 0 Å². The number of halogens is 1. The lowest BCUT2D eigenvalue weighted by atomic mass is 10.3. The molecule has 3 aromatic rings. The number of urea groups is 1. The van der Waals surface area contributed by atoms with E-state index in [-0.39, 0.29) is 37.1 Å². The topological polar surface area (TPSA) is 101 Å². The predicted octanol–water partition coefficient (Wildman–Crippen LogP) is 2.22. The van der Waals surface area contributed by atoms with Crippen LogP contribution in [0, 0.1) is 0 Å². The maximum absolute atomic E-state index is 12.6. The molecule has 4 rings (SSSR count). The molecule has 1 fully saturated rings. The molecule has 0 saturated carbocycles. The van der Waals surface area contributed by atoms with E-state index in [0.29, 0.717) is 29.6 Å². The average Bonchev–Trinajstić information content (AvgIpc) is 3.41.